The first-order valence-electron chi connectivity index (χ1n) is 4.88. The molecule has 2 unspecified atom stereocenters. The van der Waals surface area contributed by atoms with Crippen LogP contribution < -0.4 is 5.32 Å². The highest BCUT2D eigenvalue weighted by Crippen LogP contribution is 2.51. The summed E-state index contributed by atoms with van der Waals surface area (Å²) in [5, 5.41) is 3.14. The second-order valence-electron chi connectivity index (χ2n) is 3.93. The highest BCUT2D eigenvalue weighted by atomic mass is 32.2. The smallest absolute Gasteiger partial charge is 0.154 e. The van der Waals surface area contributed by atoms with Crippen LogP contribution in [0.25, 0.3) is 0 Å². The Morgan fingerprint density at radius 1 is 1.46 bits per heavy atom. The van der Waals surface area contributed by atoms with Gasteiger partial charge in [0.05, 0.1) is 4.75 Å². The number of hydrogen-bond donors (Lipinski definition) is 1. The highest BCUT2D eigenvalue weighted by molar-refractivity contribution is 7.92. The fraction of sp³-hybridized carbons (Fsp3) is 1.00. The first kappa shape index (κ1) is 11.0. The zero-order valence-electron chi connectivity index (χ0n) is 8.63. The van der Waals surface area contributed by atoms with Gasteiger partial charge in [-0.2, -0.15) is 0 Å². The fourth-order valence-electron chi connectivity index (χ4n) is 2.01. The molecule has 0 aromatic heterocycles. The molecule has 1 aliphatic rings. The maximum atomic E-state index is 11.6. The third-order valence-electron chi connectivity index (χ3n) is 3.08. The van der Waals surface area contributed by atoms with E-state index in [0.717, 1.165) is 19.4 Å². The van der Waals surface area contributed by atoms with E-state index in [1.54, 1.807) is 0 Å². The Labute approximate surface area is 80.8 Å². The lowest BCUT2D eigenvalue weighted by Crippen LogP contribution is -2.36. The van der Waals surface area contributed by atoms with E-state index >= 15 is 0 Å². The number of sulfone groups is 1. The summed E-state index contributed by atoms with van der Waals surface area (Å²) in [4.78, 5) is 0. The van der Waals surface area contributed by atoms with Gasteiger partial charge in [-0.15, -0.1) is 0 Å². The van der Waals surface area contributed by atoms with E-state index < -0.39 is 14.6 Å². The van der Waals surface area contributed by atoms with Crippen LogP contribution in [0.1, 0.15) is 26.7 Å². The highest BCUT2D eigenvalue weighted by Gasteiger charge is 2.60. The van der Waals surface area contributed by atoms with Gasteiger partial charge in [0.25, 0.3) is 0 Å². The number of nitrogens with one attached hydrogen (secondary N) is 1. The molecular formula is C9H19NO2S. The van der Waals surface area contributed by atoms with Crippen molar-refractivity contribution >= 4 is 9.84 Å². The molecule has 0 amide bonds. The van der Waals surface area contributed by atoms with E-state index in [-0.39, 0.29) is 0 Å². The van der Waals surface area contributed by atoms with Crippen molar-refractivity contribution in [3.05, 3.63) is 0 Å². The summed E-state index contributed by atoms with van der Waals surface area (Å²) in [6, 6.07) is 0. The summed E-state index contributed by atoms with van der Waals surface area (Å²) in [5.74, 6) is 0.376. The first-order chi connectivity index (χ1) is 5.98. The van der Waals surface area contributed by atoms with Gasteiger partial charge in [-0.05, 0) is 18.9 Å². The molecule has 13 heavy (non-hydrogen) atoms. The summed E-state index contributed by atoms with van der Waals surface area (Å²) >= 11 is 0. The molecule has 0 heterocycles. The lowest BCUT2D eigenvalue weighted by Gasteiger charge is -2.15. The summed E-state index contributed by atoms with van der Waals surface area (Å²) in [6.45, 7) is 5.53. The zero-order valence-corrected chi connectivity index (χ0v) is 9.45. The third kappa shape index (κ3) is 1.89. The van der Waals surface area contributed by atoms with Crippen LogP contribution in [0.2, 0.25) is 0 Å². The lowest BCUT2D eigenvalue weighted by atomic mass is 10.2. The van der Waals surface area contributed by atoms with Gasteiger partial charge in [0, 0.05) is 12.8 Å². The Kier molecular flexibility index (Phi) is 3.02. The van der Waals surface area contributed by atoms with Crippen molar-refractivity contribution in [2.45, 2.75) is 31.4 Å². The van der Waals surface area contributed by atoms with Gasteiger partial charge in [-0.3, -0.25) is 0 Å². The Balaban J connectivity index is 2.70. The fourth-order valence-corrected chi connectivity index (χ4v) is 3.65. The van der Waals surface area contributed by atoms with Gasteiger partial charge in [0.2, 0.25) is 0 Å². The van der Waals surface area contributed by atoms with Crippen molar-refractivity contribution in [2.75, 3.05) is 19.3 Å². The molecule has 0 saturated heterocycles. The maximum absolute atomic E-state index is 11.6. The van der Waals surface area contributed by atoms with Crippen molar-refractivity contribution < 1.29 is 8.42 Å². The van der Waals surface area contributed by atoms with Crippen molar-refractivity contribution in [1.29, 1.82) is 0 Å². The van der Waals surface area contributed by atoms with Crippen LogP contribution in [-0.2, 0) is 9.84 Å². The van der Waals surface area contributed by atoms with Crippen LogP contribution in [0, 0.1) is 5.92 Å². The molecular weight excluding hydrogens is 186 g/mol. The van der Waals surface area contributed by atoms with E-state index in [1.807, 2.05) is 6.92 Å². The summed E-state index contributed by atoms with van der Waals surface area (Å²) in [6.07, 6.45) is 3.17. The standard InChI is InChI=1S/C9H19NO2S/c1-4-8-6-9(8,7-10-5-2)13(3,11)12/h8,10H,4-7H2,1-3H3. The van der Waals surface area contributed by atoms with Crippen LogP contribution >= 0.6 is 0 Å². The Hall–Kier alpha value is -0.0900. The molecule has 2 atom stereocenters. The van der Waals surface area contributed by atoms with Crippen molar-refractivity contribution in [2.24, 2.45) is 5.92 Å². The minimum absolute atomic E-state index is 0.376. The largest absolute Gasteiger partial charge is 0.315 e. The molecule has 3 nitrogen and oxygen atoms in total. The van der Waals surface area contributed by atoms with E-state index in [1.165, 1.54) is 6.26 Å². The molecule has 1 rings (SSSR count). The van der Waals surface area contributed by atoms with E-state index in [9.17, 15) is 8.42 Å². The zero-order chi connectivity index (χ0) is 10.1. The van der Waals surface area contributed by atoms with Crippen LogP contribution in [0.4, 0.5) is 0 Å². The van der Waals surface area contributed by atoms with Gasteiger partial charge in [-0.1, -0.05) is 20.3 Å². The minimum Gasteiger partial charge on any atom is -0.315 e. The molecule has 4 heteroatoms. The monoisotopic (exact) mass is 205 g/mol. The normalized spacial score (nSPS) is 33.3. The second kappa shape index (κ2) is 3.58. The minimum atomic E-state index is -2.89. The Bertz CT molecular complexity index is 273. The molecule has 1 fully saturated rings. The molecule has 0 aliphatic heterocycles. The number of hydrogen-bond acceptors (Lipinski definition) is 3. The Morgan fingerprint density at radius 2 is 2.08 bits per heavy atom. The summed E-state index contributed by atoms with van der Waals surface area (Å²) in [7, 11) is -2.89. The molecule has 0 bridgehead atoms. The van der Waals surface area contributed by atoms with E-state index in [0.29, 0.717) is 12.5 Å². The van der Waals surface area contributed by atoms with Gasteiger partial charge in [-0.25, -0.2) is 8.42 Å². The van der Waals surface area contributed by atoms with E-state index in [4.69, 9.17) is 0 Å². The quantitative estimate of drug-likeness (QED) is 0.722. The van der Waals surface area contributed by atoms with Gasteiger partial charge >= 0.3 is 0 Å². The predicted octanol–water partition coefficient (Wildman–Crippen LogP) is 0.809. The lowest BCUT2D eigenvalue weighted by molar-refractivity contribution is 0.551. The van der Waals surface area contributed by atoms with Gasteiger partial charge in [0.1, 0.15) is 0 Å². The SMILES string of the molecule is CCNCC1(S(C)(=O)=O)CC1CC. The average Bonchev–Trinajstić information content (AvgIpc) is 2.75. The van der Waals surface area contributed by atoms with Crippen LogP contribution in [0.5, 0.6) is 0 Å². The van der Waals surface area contributed by atoms with Gasteiger partial charge < -0.3 is 5.32 Å². The number of rotatable bonds is 5. The molecule has 0 spiro atoms. The molecule has 1 aliphatic carbocycles. The predicted molar refractivity (Wildman–Crippen MR) is 54.5 cm³/mol. The van der Waals surface area contributed by atoms with E-state index in [2.05, 4.69) is 12.2 Å². The molecule has 1 saturated carbocycles. The average molecular weight is 205 g/mol. The topological polar surface area (TPSA) is 46.2 Å². The summed E-state index contributed by atoms with van der Waals surface area (Å²) < 4.78 is 22.7. The van der Waals surface area contributed by atoms with Crippen molar-refractivity contribution in [3.8, 4) is 0 Å². The third-order valence-corrected chi connectivity index (χ3v) is 5.20. The van der Waals surface area contributed by atoms with Crippen LogP contribution in [0.15, 0.2) is 0 Å². The molecule has 78 valence electrons. The van der Waals surface area contributed by atoms with Crippen molar-refractivity contribution in [3.63, 3.8) is 0 Å². The van der Waals surface area contributed by atoms with Crippen molar-refractivity contribution in [1.82, 2.24) is 5.32 Å². The molecule has 0 aromatic carbocycles. The van der Waals surface area contributed by atoms with Gasteiger partial charge in [0.15, 0.2) is 9.84 Å². The molecule has 1 N–H and O–H groups in total. The maximum Gasteiger partial charge on any atom is 0.154 e. The van der Waals surface area contributed by atoms with Crippen LogP contribution in [0.3, 0.4) is 0 Å². The Morgan fingerprint density at radius 3 is 2.38 bits per heavy atom. The van der Waals surface area contributed by atoms with Crippen LogP contribution in [-0.4, -0.2) is 32.5 Å². The molecule has 0 radical (unpaired) electrons. The second-order valence-corrected chi connectivity index (χ2v) is 6.28. The summed E-state index contributed by atoms with van der Waals surface area (Å²) in [5.41, 5.74) is 0. The molecule has 0 aromatic rings. The first-order valence-corrected chi connectivity index (χ1v) is 6.77.